The molecule has 7 heteroatoms. The summed E-state index contributed by atoms with van der Waals surface area (Å²) in [6.45, 7) is 3.01. The highest BCUT2D eigenvalue weighted by Gasteiger charge is 2.26. The molecule has 1 aliphatic heterocycles. The van der Waals surface area contributed by atoms with Crippen LogP contribution in [-0.4, -0.2) is 31.0 Å². The van der Waals surface area contributed by atoms with Gasteiger partial charge in [0.2, 0.25) is 11.8 Å². The van der Waals surface area contributed by atoms with Crippen LogP contribution in [0.1, 0.15) is 36.8 Å². The summed E-state index contributed by atoms with van der Waals surface area (Å²) in [5.74, 6) is 1.18. The number of rotatable bonds is 13. The van der Waals surface area contributed by atoms with Crippen LogP contribution in [0.25, 0.3) is 0 Å². The third-order valence-electron chi connectivity index (χ3n) is 5.95. The van der Waals surface area contributed by atoms with Crippen LogP contribution in [0, 0.1) is 0 Å². The Morgan fingerprint density at radius 3 is 2.28 bits per heavy atom. The summed E-state index contributed by atoms with van der Waals surface area (Å²) in [7, 11) is 0. The van der Waals surface area contributed by atoms with Crippen molar-refractivity contribution in [3.8, 4) is 11.5 Å². The Balaban J connectivity index is 1.10. The topological polar surface area (TPSA) is 88.7 Å². The zero-order chi connectivity index (χ0) is 25.0. The summed E-state index contributed by atoms with van der Waals surface area (Å²) in [4.78, 5) is 23.2. The van der Waals surface area contributed by atoms with Crippen molar-refractivity contribution in [2.45, 2.75) is 44.9 Å². The summed E-state index contributed by atoms with van der Waals surface area (Å²) >= 11 is 0. The molecule has 36 heavy (non-hydrogen) atoms. The maximum Gasteiger partial charge on any atom is 0.249 e. The van der Waals surface area contributed by atoms with Gasteiger partial charge in [-0.25, -0.2) is 0 Å². The molecule has 3 aromatic carbocycles. The molecule has 188 valence electrons. The van der Waals surface area contributed by atoms with Crippen LogP contribution in [0.5, 0.6) is 11.5 Å². The predicted octanol–water partition coefficient (Wildman–Crippen LogP) is 4.43. The fourth-order valence-corrected chi connectivity index (χ4v) is 3.89. The van der Waals surface area contributed by atoms with E-state index in [9.17, 15) is 9.59 Å². The Hall–Kier alpha value is -3.84. The SMILES string of the molecule is O=C1CCC(Nc2ccc(OCc3ccc(CNCCCCOc4ccccc4)cc3)cc2)C(=O)N1. The van der Waals surface area contributed by atoms with Gasteiger partial charge in [0.1, 0.15) is 24.1 Å². The quantitative estimate of drug-likeness (QED) is 0.244. The van der Waals surface area contributed by atoms with Crippen LogP contribution in [-0.2, 0) is 22.7 Å². The second-order valence-corrected chi connectivity index (χ2v) is 8.82. The van der Waals surface area contributed by atoms with Gasteiger partial charge in [0.25, 0.3) is 0 Å². The fraction of sp³-hybridized carbons (Fsp3) is 0.310. The third-order valence-corrected chi connectivity index (χ3v) is 5.95. The van der Waals surface area contributed by atoms with Gasteiger partial charge >= 0.3 is 0 Å². The molecule has 3 aromatic rings. The van der Waals surface area contributed by atoms with Gasteiger partial charge in [-0.15, -0.1) is 0 Å². The normalized spacial score (nSPS) is 15.3. The van der Waals surface area contributed by atoms with Crippen LogP contribution < -0.4 is 25.4 Å². The average molecular weight is 488 g/mol. The number of amides is 2. The van der Waals surface area contributed by atoms with Crippen molar-refractivity contribution in [1.82, 2.24) is 10.6 Å². The summed E-state index contributed by atoms with van der Waals surface area (Å²) in [5.41, 5.74) is 3.16. The Morgan fingerprint density at radius 2 is 1.53 bits per heavy atom. The van der Waals surface area contributed by atoms with Gasteiger partial charge in [-0.05, 0) is 73.3 Å². The number of nitrogens with one attached hydrogen (secondary N) is 3. The molecule has 4 rings (SSSR count). The van der Waals surface area contributed by atoms with Crippen LogP contribution in [0.4, 0.5) is 5.69 Å². The number of ether oxygens (including phenoxy) is 2. The number of anilines is 1. The number of hydrogen-bond donors (Lipinski definition) is 3. The first-order valence-corrected chi connectivity index (χ1v) is 12.5. The highest BCUT2D eigenvalue weighted by atomic mass is 16.5. The minimum atomic E-state index is -0.392. The molecule has 1 fully saturated rings. The number of carbonyl (C=O) groups excluding carboxylic acids is 2. The molecular formula is C29H33N3O4. The zero-order valence-electron chi connectivity index (χ0n) is 20.4. The lowest BCUT2D eigenvalue weighted by molar-refractivity contribution is -0.133. The van der Waals surface area contributed by atoms with Crippen LogP contribution >= 0.6 is 0 Å². The van der Waals surface area contributed by atoms with E-state index in [0.717, 1.165) is 55.3 Å². The molecule has 0 radical (unpaired) electrons. The van der Waals surface area contributed by atoms with Crippen LogP contribution in [0.15, 0.2) is 78.9 Å². The molecule has 0 aliphatic carbocycles. The lowest BCUT2D eigenvalue weighted by Crippen LogP contribution is -2.47. The summed E-state index contributed by atoms with van der Waals surface area (Å²) in [6, 6.07) is 25.4. The van der Waals surface area contributed by atoms with Crippen molar-refractivity contribution in [2.75, 3.05) is 18.5 Å². The van der Waals surface area contributed by atoms with E-state index in [1.54, 1.807) is 0 Å². The van der Waals surface area contributed by atoms with E-state index in [4.69, 9.17) is 9.47 Å². The zero-order valence-corrected chi connectivity index (χ0v) is 20.4. The van der Waals surface area contributed by atoms with Crippen LogP contribution in [0.3, 0.4) is 0 Å². The third kappa shape index (κ3) is 8.13. The fourth-order valence-electron chi connectivity index (χ4n) is 3.89. The highest BCUT2D eigenvalue weighted by Crippen LogP contribution is 2.19. The lowest BCUT2D eigenvalue weighted by Gasteiger charge is -2.22. The number of unbranched alkanes of at least 4 members (excludes halogenated alkanes) is 1. The molecule has 1 heterocycles. The van der Waals surface area contributed by atoms with Gasteiger partial charge in [-0.3, -0.25) is 14.9 Å². The number of piperidine rings is 1. The minimum Gasteiger partial charge on any atom is -0.494 e. The van der Waals surface area contributed by atoms with Gasteiger partial charge in [0.05, 0.1) is 6.61 Å². The second kappa shape index (κ2) is 13.3. The van der Waals surface area contributed by atoms with Crippen molar-refractivity contribution in [3.63, 3.8) is 0 Å². The van der Waals surface area contributed by atoms with E-state index in [-0.39, 0.29) is 11.8 Å². The van der Waals surface area contributed by atoms with Crippen molar-refractivity contribution in [2.24, 2.45) is 0 Å². The molecule has 3 N–H and O–H groups in total. The molecule has 1 atom stereocenters. The first kappa shape index (κ1) is 25.3. The van der Waals surface area contributed by atoms with Gasteiger partial charge in [0, 0.05) is 18.7 Å². The molecule has 1 unspecified atom stereocenters. The maximum absolute atomic E-state index is 11.9. The Kier molecular flexibility index (Phi) is 9.33. The molecule has 1 saturated heterocycles. The van der Waals surface area contributed by atoms with E-state index < -0.39 is 6.04 Å². The number of imide groups is 1. The van der Waals surface area contributed by atoms with Crippen molar-refractivity contribution in [1.29, 1.82) is 0 Å². The van der Waals surface area contributed by atoms with E-state index in [1.807, 2.05) is 54.6 Å². The number of carbonyl (C=O) groups is 2. The highest BCUT2D eigenvalue weighted by molar-refractivity contribution is 6.01. The van der Waals surface area contributed by atoms with Crippen LogP contribution in [0.2, 0.25) is 0 Å². The maximum atomic E-state index is 11.9. The van der Waals surface area contributed by atoms with Gasteiger partial charge in [-0.1, -0.05) is 42.5 Å². The number of para-hydroxylation sites is 1. The van der Waals surface area contributed by atoms with Crippen molar-refractivity contribution < 1.29 is 19.1 Å². The van der Waals surface area contributed by atoms with Gasteiger partial charge in [-0.2, -0.15) is 0 Å². The second-order valence-electron chi connectivity index (χ2n) is 8.82. The first-order valence-electron chi connectivity index (χ1n) is 12.5. The van der Waals surface area contributed by atoms with E-state index in [0.29, 0.717) is 19.4 Å². The average Bonchev–Trinajstić information content (AvgIpc) is 2.90. The Morgan fingerprint density at radius 1 is 0.806 bits per heavy atom. The smallest absolute Gasteiger partial charge is 0.249 e. The van der Waals surface area contributed by atoms with E-state index >= 15 is 0 Å². The lowest BCUT2D eigenvalue weighted by atomic mass is 10.1. The predicted molar refractivity (Wildman–Crippen MR) is 140 cm³/mol. The minimum absolute atomic E-state index is 0.216. The first-order chi connectivity index (χ1) is 17.7. The molecular weight excluding hydrogens is 454 g/mol. The van der Waals surface area contributed by atoms with Gasteiger partial charge in [0.15, 0.2) is 0 Å². The molecule has 7 nitrogen and oxygen atoms in total. The number of hydrogen-bond acceptors (Lipinski definition) is 6. The summed E-state index contributed by atoms with van der Waals surface area (Å²) < 4.78 is 11.6. The number of benzene rings is 3. The van der Waals surface area contributed by atoms with Crippen molar-refractivity contribution >= 4 is 17.5 Å². The van der Waals surface area contributed by atoms with E-state index in [1.165, 1.54) is 5.56 Å². The Labute approximate surface area is 212 Å². The summed E-state index contributed by atoms with van der Waals surface area (Å²) in [6.07, 6.45) is 2.94. The molecule has 2 amide bonds. The molecule has 0 aromatic heterocycles. The van der Waals surface area contributed by atoms with E-state index in [2.05, 4.69) is 40.2 Å². The molecule has 0 bridgehead atoms. The summed E-state index contributed by atoms with van der Waals surface area (Å²) in [5, 5.41) is 9.00. The monoisotopic (exact) mass is 487 g/mol. The van der Waals surface area contributed by atoms with Crippen molar-refractivity contribution in [3.05, 3.63) is 90.0 Å². The largest absolute Gasteiger partial charge is 0.494 e. The Bertz CT molecular complexity index is 1100. The molecule has 0 saturated carbocycles. The standard InChI is InChI=1S/C29H33N3O4/c33-28-17-16-27(29(34)32-28)31-24-12-14-26(15-13-24)36-21-23-10-8-22(9-11-23)20-30-18-4-5-19-35-25-6-2-1-3-7-25/h1-3,6-15,27,30-31H,4-5,16-21H2,(H,32,33,34). The molecule has 0 spiro atoms. The van der Waals surface area contributed by atoms with Gasteiger partial charge < -0.3 is 20.1 Å². The molecule has 1 aliphatic rings.